The van der Waals surface area contributed by atoms with Gasteiger partial charge in [-0.05, 0) is 24.6 Å². The lowest BCUT2D eigenvalue weighted by Crippen LogP contribution is -2.38. The summed E-state index contributed by atoms with van der Waals surface area (Å²) in [7, 11) is 0. The molecule has 0 aliphatic rings. The van der Waals surface area contributed by atoms with Gasteiger partial charge >= 0.3 is 11.9 Å². The molecule has 0 unspecified atom stereocenters. The minimum absolute atomic E-state index is 0.0768. The number of nitrogens with one attached hydrogen (secondary N) is 1. The number of hydrogen-bond acceptors (Lipinski definition) is 5. The zero-order valence-electron chi connectivity index (χ0n) is 18.3. The van der Waals surface area contributed by atoms with Crippen LogP contribution in [-0.4, -0.2) is 47.1 Å². The van der Waals surface area contributed by atoms with Crippen LogP contribution in [0.2, 0.25) is 0 Å². The van der Waals surface area contributed by atoms with Crippen LogP contribution in [0.4, 0.5) is 13.2 Å². The average Bonchev–Trinajstić information content (AvgIpc) is 3.41. The molecule has 9 nitrogen and oxygen atoms in total. The van der Waals surface area contributed by atoms with E-state index in [0.717, 1.165) is 15.6 Å². The van der Waals surface area contributed by atoms with Crippen molar-refractivity contribution in [3.05, 3.63) is 77.5 Å². The van der Waals surface area contributed by atoms with Gasteiger partial charge in [0, 0.05) is 29.7 Å². The summed E-state index contributed by atoms with van der Waals surface area (Å²) < 4.78 is 41.7. The Hall–Kier alpha value is -4.48. The van der Waals surface area contributed by atoms with Crippen molar-refractivity contribution < 1.29 is 18.0 Å². The number of para-hydroxylation sites is 1. The third-order valence-corrected chi connectivity index (χ3v) is 5.54. The second-order valence-corrected chi connectivity index (χ2v) is 7.92. The molecule has 0 radical (unpaired) electrons. The van der Waals surface area contributed by atoms with Crippen LogP contribution in [0.15, 0.2) is 66.2 Å². The average molecular weight is 481 g/mol. The van der Waals surface area contributed by atoms with Crippen LogP contribution in [0.5, 0.6) is 0 Å². The van der Waals surface area contributed by atoms with E-state index in [1.165, 1.54) is 4.57 Å². The van der Waals surface area contributed by atoms with Crippen molar-refractivity contribution in [1.82, 2.24) is 33.8 Å². The van der Waals surface area contributed by atoms with Crippen molar-refractivity contribution in [3.8, 4) is 17.1 Å². The summed E-state index contributed by atoms with van der Waals surface area (Å²) in [5.74, 6) is -0.858. The van der Waals surface area contributed by atoms with Crippen LogP contribution in [-0.2, 0) is 11.3 Å². The van der Waals surface area contributed by atoms with Crippen molar-refractivity contribution in [2.75, 3.05) is 6.54 Å². The van der Waals surface area contributed by atoms with E-state index in [9.17, 15) is 22.8 Å². The molecule has 0 saturated carbocycles. The highest BCUT2D eigenvalue weighted by Gasteiger charge is 2.28. The first kappa shape index (κ1) is 22.3. The van der Waals surface area contributed by atoms with Gasteiger partial charge in [-0.2, -0.15) is 13.2 Å². The molecule has 0 aliphatic heterocycles. The van der Waals surface area contributed by atoms with Crippen molar-refractivity contribution in [2.24, 2.45) is 0 Å². The zero-order chi connectivity index (χ0) is 24.7. The molecule has 0 fully saturated rings. The third kappa shape index (κ3) is 4.14. The number of hydrogen-bond donors (Lipinski definition) is 1. The lowest BCUT2D eigenvalue weighted by Gasteiger charge is -2.08. The van der Waals surface area contributed by atoms with Gasteiger partial charge in [0.15, 0.2) is 0 Å². The van der Waals surface area contributed by atoms with Crippen molar-refractivity contribution >= 4 is 22.5 Å². The minimum Gasteiger partial charge on any atom is -0.345 e. The van der Waals surface area contributed by atoms with Crippen molar-refractivity contribution in [2.45, 2.75) is 19.6 Å². The van der Waals surface area contributed by atoms with Crippen LogP contribution in [0.3, 0.4) is 0 Å². The third-order valence-electron chi connectivity index (χ3n) is 5.54. The maximum absolute atomic E-state index is 13.3. The van der Waals surface area contributed by atoms with E-state index in [4.69, 9.17) is 0 Å². The van der Waals surface area contributed by atoms with Crippen LogP contribution < -0.4 is 11.0 Å². The molecule has 5 rings (SSSR count). The Morgan fingerprint density at radius 2 is 1.83 bits per heavy atom. The number of pyridine rings is 1. The summed E-state index contributed by atoms with van der Waals surface area (Å²) in [5.41, 5.74) is 3.34. The Kier molecular flexibility index (Phi) is 5.35. The first-order valence-electron chi connectivity index (χ1n) is 10.5. The van der Waals surface area contributed by atoms with E-state index in [1.54, 1.807) is 55.4 Å². The fourth-order valence-electron chi connectivity index (χ4n) is 3.98. The molecule has 1 amide bonds. The van der Waals surface area contributed by atoms with E-state index in [1.807, 2.05) is 22.7 Å². The number of nitrogens with zero attached hydrogens (tertiary/aromatic N) is 6. The highest BCUT2D eigenvalue weighted by molar-refractivity contribution is 5.84. The van der Waals surface area contributed by atoms with E-state index in [0.29, 0.717) is 22.2 Å². The summed E-state index contributed by atoms with van der Waals surface area (Å²) in [5, 5.41) is 1.79. The largest absolute Gasteiger partial charge is 0.405 e. The highest BCUT2D eigenvalue weighted by atomic mass is 19.4. The number of alkyl halides is 3. The van der Waals surface area contributed by atoms with Gasteiger partial charge in [0.25, 0.3) is 0 Å². The number of halogens is 3. The molecule has 0 saturated heterocycles. The summed E-state index contributed by atoms with van der Waals surface area (Å²) in [6, 6.07) is 8.86. The number of aryl methyl sites for hydroxylation is 1. The lowest BCUT2D eigenvalue weighted by molar-refractivity contribution is -0.138. The van der Waals surface area contributed by atoms with E-state index in [-0.39, 0.29) is 5.95 Å². The minimum atomic E-state index is -4.55. The van der Waals surface area contributed by atoms with Gasteiger partial charge in [0.2, 0.25) is 11.9 Å². The van der Waals surface area contributed by atoms with Gasteiger partial charge in [0.05, 0.1) is 29.1 Å². The summed E-state index contributed by atoms with van der Waals surface area (Å²) in [6.07, 6.45) is 3.86. The molecule has 12 heteroatoms. The van der Waals surface area contributed by atoms with Gasteiger partial charge < -0.3 is 9.72 Å². The summed E-state index contributed by atoms with van der Waals surface area (Å²) in [6.45, 7) is -0.281. The quantitative estimate of drug-likeness (QED) is 0.416. The number of carbonyl (C=O) groups is 1. The van der Waals surface area contributed by atoms with Gasteiger partial charge in [0.1, 0.15) is 13.1 Å². The fourth-order valence-corrected chi connectivity index (χ4v) is 3.98. The second-order valence-electron chi connectivity index (χ2n) is 7.92. The molecule has 0 spiro atoms. The van der Waals surface area contributed by atoms with Gasteiger partial charge in [-0.1, -0.05) is 18.2 Å². The standard InChI is InChI=1S/C23H18F3N7O2/c1-14-4-2-6-17-20(14)33(22(35)32(17)11-19(34)30-12-23(24,25)26)21-28-8-15(9-29-21)16-5-3-7-31-13-27-10-18(16)31/h2-10,13H,11-12H2,1H3,(H,30,34). The molecule has 1 aromatic carbocycles. The Bertz CT molecular complexity index is 1610. The molecule has 1 N–H and O–H groups in total. The van der Waals surface area contributed by atoms with Crippen LogP contribution >= 0.6 is 0 Å². The Morgan fingerprint density at radius 1 is 1.06 bits per heavy atom. The van der Waals surface area contributed by atoms with Gasteiger partial charge in [-0.3, -0.25) is 9.36 Å². The molecular weight excluding hydrogens is 463 g/mol. The first-order valence-corrected chi connectivity index (χ1v) is 10.5. The highest BCUT2D eigenvalue weighted by Crippen LogP contribution is 2.24. The molecule has 0 bridgehead atoms. The molecule has 0 aliphatic carbocycles. The number of imidazole rings is 2. The maximum atomic E-state index is 13.3. The number of rotatable bonds is 5. The molecule has 4 heterocycles. The predicted octanol–water partition coefficient (Wildman–Crippen LogP) is 2.88. The molecule has 178 valence electrons. The van der Waals surface area contributed by atoms with Gasteiger partial charge in [-0.15, -0.1) is 0 Å². The Labute approximate surface area is 195 Å². The molecule has 5 aromatic rings. The Morgan fingerprint density at radius 3 is 2.57 bits per heavy atom. The summed E-state index contributed by atoms with van der Waals surface area (Å²) >= 11 is 0. The molecule has 35 heavy (non-hydrogen) atoms. The maximum Gasteiger partial charge on any atom is 0.405 e. The second kappa shape index (κ2) is 8.38. The number of fused-ring (bicyclic) bond motifs is 2. The van der Waals surface area contributed by atoms with E-state index < -0.39 is 30.9 Å². The number of aromatic nitrogens is 6. The van der Waals surface area contributed by atoms with Crippen molar-refractivity contribution in [3.63, 3.8) is 0 Å². The zero-order valence-corrected chi connectivity index (χ0v) is 18.3. The molecule has 4 aromatic heterocycles. The van der Waals surface area contributed by atoms with E-state index >= 15 is 0 Å². The first-order chi connectivity index (χ1) is 16.7. The van der Waals surface area contributed by atoms with E-state index in [2.05, 4.69) is 15.0 Å². The predicted molar refractivity (Wildman–Crippen MR) is 121 cm³/mol. The van der Waals surface area contributed by atoms with Crippen LogP contribution in [0, 0.1) is 6.92 Å². The number of amides is 1. The fraction of sp³-hybridized carbons (Fsp3) is 0.174. The van der Waals surface area contributed by atoms with Gasteiger partial charge in [-0.25, -0.2) is 24.3 Å². The Balaban J connectivity index is 1.56. The SMILES string of the molecule is Cc1cccc2c1n(-c1ncc(-c3cccn4cncc34)cn1)c(=O)n2CC(=O)NCC(F)(F)F. The molecular formula is C23H18F3N7O2. The number of carbonyl (C=O) groups excluding carboxylic acids is 1. The normalized spacial score (nSPS) is 11.9. The smallest absolute Gasteiger partial charge is 0.345 e. The monoisotopic (exact) mass is 481 g/mol. The molecule has 0 atom stereocenters. The number of benzene rings is 1. The van der Waals surface area contributed by atoms with Crippen LogP contribution in [0.1, 0.15) is 5.56 Å². The lowest BCUT2D eigenvalue weighted by atomic mass is 10.1. The topological polar surface area (TPSA) is 99.1 Å². The summed E-state index contributed by atoms with van der Waals surface area (Å²) in [4.78, 5) is 38.4. The van der Waals surface area contributed by atoms with Crippen molar-refractivity contribution in [1.29, 1.82) is 0 Å². The van der Waals surface area contributed by atoms with Crippen LogP contribution in [0.25, 0.3) is 33.6 Å².